The summed E-state index contributed by atoms with van der Waals surface area (Å²) in [4.78, 5) is 30.3. The molecule has 0 spiro atoms. The lowest BCUT2D eigenvalue weighted by Crippen LogP contribution is -2.20. The van der Waals surface area contributed by atoms with E-state index in [0.717, 1.165) is 66.8 Å². The van der Waals surface area contributed by atoms with Gasteiger partial charge in [-0.3, -0.25) is 10.2 Å². The van der Waals surface area contributed by atoms with Gasteiger partial charge in [0, 0.05) is 48.4 Å². The van der Waals surface area contributed by atoms with Crippen molar-refractivity contribution in [2.24, 2.45) is 0 Å². The van der Waals surface area contributed by atoms with Crippen LogP contribution in [0.1, 0.15) is 29.0 Å². The Bertz CT molecular complexity index is 1110. The van der Waals surface area contributed by atoms with E-state index in [-0.39, 0.29) is 6.03 Å². The molecule has 0 unspecified atom stereocenters. The summed E-state index contributed by atoms with van der Waals surface area (Å²) in [7, 11) is 0. The van der Waals surface area contributed by atoms with Gasteiger partial charge in [0.25, 0.3) is 0 Å². The van der Waals surface area contributed by atoms with Gasteiger partial charge in [-0.15, -0.1) is 23.1 Å². The molecule has 4 heterocycles. The van der Waals surface area contributed by atoms with Crippen LogP contribution in [0.3, 0.4) is 0 Å². The SMILES string of the molecule is O=C(Nc1cccc(CN2CCCC2)c1)Nc1ncc(CCNc2ncnc3c2SCC3)s1. The molecule has 0 bridgehead atoms. The minimum atomic E-state index is -0.277. The van der Waals surface area contributed by atoms with Gasteiger partial charge in [-0.05, 0) is 43.6 Å². The lowest BCUT2D eigenvalue weighted by atomic mass is 10.2. The first-order valence-electron chi connectivity index (χ1n) is 11.3. The van der Waals surface area contributed by atoms with Gasteiger partial charge in [-0.2, -0.15) is 0 Å². The summed E-state index contributed by atoms with van der Waals surface area (Å²) in [5.74, 6) is 1.98. The number of amides is 2. The third-order valence-corrected chi connectivity index (χ3v) is 7.79. The Morgan fingerprint density at radius 1 is 1.12 bits per heavy atom. The van der Waals surface area contributed by atoms with Crippen molar-refractivity contribution in [3.8, 4) is 0 Å². The lowest BCUT2D eigenvalue weighted by molar-refractivity contribution is 0.262. The summed E-state index contributed by atoms with van der Waals surface area (Å²) in [5.41, 5.74) is 3.14. The maximum Gasteiger partial charge on any atom is 0.325 e. The smallest absolute Gasteiger partial charge is 0.325 e. The predicted molar refractivity (Wildman–Crippen MR) is 134 cm³/mol. The number of hydrogen-bond donors (Lipinski definition) is 3. The van der Waals surface area contributed by atoms with Crippen molar-refractivity contribution in [1.29, 1.82) is 0 Å². The Morgan fingerprint density at radius 3 is 2.94 bits per heavy atom. The highest BCUT2D eigenvalue weighted by atomic mass is 32.2. The van der Waals surface area contributed by atoms with E-state index in [4.69, 9.17) is 0 Å². The predicted octanol–water partition coefficient (Wildman–Crippen LogP) is 4.48. The molecular formula is C23H27N7OS2. The highest BCUT2D eigenvalue weighted by Crippen LogP contribution is 2.34. The number of thiazole rings is 1. The molecule has 2 aliphatic heterocycles. The molecule has 33 heavy (non-hydrogen) atoms. The second-order valence-electron chi connectivity index (χ2n) is 8.17. The summed E-state index contributed by atoms with van der Waals surface area (Å²) < 4.78 is 0. The van der Waals surface area contributed by atoms with Crippen LogP contribution in [-0.2, 0) is 19.4 Å². The van der Waals surface area contributed by atoms with Crippen LogP contribution in [0.2, 0.25) is 0 Å². The van der Waals surface area contributed by atoms with Crippen molar-refractivity contribution in [3.63, 3.8) is 0 Å². The van der Waals surface area contributed by atoms with Crippen LogP contribution >= 0.6 is 23.1 Å². The maximum absolute atomic E-state index is 12.5. The minimum absolute atomic E-state index is 0.277. The molecule has 10 heteroatoms. The van der Waals surface area contributed by atoms with Crippen molar-refractivity contribution in [2.75, 3.05) is 41.3 Å². The number of carbonyl (C=O) groups is 1. The molecular weight excluding hydrogens is 454 g/mol. The molecule has 172 valence electrons. The zero-order valence-corrected chi connectivity index (χ0v) is 20.0. The molecule has 5 rings (SSSR count). The quantitative estimate of drug-likeness (QED) is 0.437. The van der Waals surface area contributed by atoms with E-state index >= 15 is 0 Å². The number of likely N-dealkylation sites (tertiary alicyclic amines) is 1. The molecule has 1 saturated heterocycles. The molecule has 3 aromatic rings. The number of aryl methyl sites for hydroxylation is 1. The Kier molecular flexibility index (Phi) is 7.03. The van der Waals surface area contributed by atoms with Crippen LogP contribution in [0.25, 0.3) is 0 Å². The zero-order valence-electron chi connectivity index (χ0n) is 18.3. The van der Waals surface area contributed by atoms with Gasteiger partial charge in [0.2, 0.25) is 0 Å². The molecule has 0 atom stereocenters. The topological polar surface area (TPSA) is 95.1 Å². The maximum atomic E-state index is 12.5. The van der Waals surface area contributed by atoms with Crippen molar-refractivity contribution in [3.05, 3.63) is 52.9 Å². The highest BCUT2D eigenvalue weighted by Gasteiger charge is 2.17. The summed E-state index contributed by atoms with van der Waals surface area (Å²) in [6.07, 6.45) is 7.80. The average Bonchev–Trinajstić information content (AvgIpc) is 3.57. The fourth-order valence-corrected chi connectivity index (χ4v) is 6.00. The number of anilines is 3. The van der Waals surface area contributed by atoms with Crippen LogP contribution in [0.4, 0.5) is 21.4 Å². The Labute approximate surface area is 201 Å². The first-order chi connectivity index (χ1) is 16.2. The number of hydrogen-bond acceptors (Lipinski definition) is 8. The number of benzene rings is 1. The number of carbonyl (C=O) groups excluding carboxylic acids is 1. The number of urea groups is 1. The Morgan fingerprint density at radius 2 is 2.03 bits per heavy atom. The van der Waals surface area contributed by atoms with Gasteiger partial charge in [-0.25, -0.2) is 19.7 Å². The molecule has 2 aliphatic rings. The van der Waals surface area contributed by atoms with Gasteiger partial charge in [-0.1, -0.05) is 12.1 Å². The van der Waals surface area contributed by atoms with E-state index in [1.807, 2.05) is 24.4 Å². The largest absolute Gasteiger partial charge is 0.369 e. The number of thioether (sulfide) groups is 1. The number of nitrogens with zero attached hydrogens (tertiary/aromatic N) is 4. The first-order valence-corrected chi connectivity index (χ1v) is 13.1. The standard InChI is InChI=1S/C23H27N7OS2/c31-22(28-17-5-3-4-16(12-17)14-30-9-1-2-10-30)29-23-25-13-18(33-23)6-8-24-21-20-19(7-11-32-20)26-15-27-21/h3-5,12-13,15H,1-2,6-11,14H2,(H,24,26,27)(H2,25,28,29,31). The average molecular weight is 482 g/mol. The van der Waals surface area contributed by atoms with Crippen molar-refractivity contribution in [1.82, 2.24) is 19.9 Å². The minimum Gasteiger partial charge on any atom is -0.369 e. The molecule has 1 aromatic carbocycles. The Hall–Kier alpha value is -2.69. The summed E-state index contributed by atoms with van der Waals surface area (Å²) in [5, 5.41) is 9.77. The molecule has 0 aliphatic carbocycles. The Balaban J connectivity index is 1.10. The highest BCUT2D eigenvalue weighted by molar-refractivity contribution is 7.99. The summed E-state index contributed by atoms with van der Waals surface area (Å²) in [6, 6.07) is 7.77. The number of nitrogens with one attached hydrogen (secondary N) is 3. The normalized spacial score (nSPS) is 15.4. The van der Waals surface area contributed by atoms with Gasteiger partial charge < -0.3 is 10.6 Å². The molecule has 0 radical (unpaired) electrons. The molecule has 2 amide bonds. The third kappa shape index (κ3) is 5.82. The van der Waals surface area contributed by atoms with Crippen LogP contribution in [0.15, 0.2) is 41.7 Å². The number of fused-ring (bicyclic) bond motifs is 1. The van der Waals surface area contributed by atoms with Gasteiger partial charge >= 0.3 is 6.03 Å². The number of aromatic nitrogens is 3. The van der Waals surface area contributed by atoms with Crippen LogP contribution in [0.5, 0.6) is 0 Å². The molecule has 1 fully saturated rings. The molecule has 3 N–H and O–H groups in total. The van der Waals surface area contributed by atoms with E-state index in [1.165, 1.54) is 34.6 Å². The second-order valence-corrected chi connectivity index (χ2v) is 10.4. The van der Waals surface area contributed by atoms with E-state index in [2.05, 4.69) is 41.9 Å². The van der Waals surface area contributed by atoms with Gasteiger partial charge in [0.05, 0.1) is 10.6 Å². The molecule has 0 saturated carbocycles. The summed E-state index contributed by atoms with van der Waals surface area (Å²) in [6.45, 7) is 3.99. The van der Waals surface area contributed by atoms with E-state index < -0.39 is 0 Å². The third-order valence-electron chi connectivity index (χ3n) is 5.69. The number of rotatable bonds is 8. The first kappa shape index (κ1) is 22.1. The van der Waals surface area contributed by atoms with Gasteiger partial charge in [0.1, 0.15) is 12.1 Å². The van der Waals surface area contributed by atoms with Gasteiger partial charge in [0.15, 0.2) is 5.13 Å². The van der Waals surface area contributed by atoms with Crippen molar-refractivity contribution >= 4 is 45.8 Å². The van der Waals surface area contributed by atoms with Crippen LogP contribution in [0, 0.1) is 0 Å². The molecule has 2 aromatic heterocycles. The monoisotopic (exact) mass is 481 g/mol. The van der Waals surface area contributed by atoms with Crippen LogP contribution < -0.4 is 16.0 Å². The van der Waals surface area contributed by atoms with E-state index in [0.29, 0.717) is 5.13 Å². The fraction of sp³-hybridized carbons (Fsp3) is 0.391. The second kappa shape index (κ2) is 10.5. The van der Waals surface area contributed by atoms with E-state index in [1.54, 1.807) is 18.1 Å². The van der Waals surface area contributed by atoms with Crippen LogP contribution in [-0.4, -0.2) is 51.3 Å². The van der Waals surface area contributed by atoms with Crippen molar-refractivity contribution in [2.45, 2.75) is 37.1 Å². The zero-order chi connectivity index (χ0) is 22.5. The fourth-order valence-electron chi connectivity index (χ4n) is 4.11. The van der Waals surface area contributed by atoms with E-state index in [9.17, 15) is 4.79 Å². The summed E-state index contributed by atoms with van der Waals surface area (Å²) >= 11 is 3.30. The lowest BCUT2D eigenvalue weighted by Gasteiger charge is -2.15. The van der Waals surface area contributed by atoms with Crippen molar-refractivity contribution < 1.29 is 4.79 Å². The molecule has 8 nitrogen and oxygen atoms in total.